The van der Waals surface area contributed by atoms with Crippen molar-refractivity contribution in [3.63, 3.8) is 0 Å². The minimum Gasteiger partial charge on any atom is -0.341 e. The van der Waals surface area contributed by atoms with Crippen molar-refractivity contribution in [2.24, 2.45) is 0 Å². The Morgan fingerprint density at radius 1 is 1.20 bits per heavy atom. The summed E-state index contributed by atoms with van der Waals surface area (Å²) >= 11 is 1.54. The van der Waals surface area contributed by atoms with Gasteiger partial charge < -0.3 is 10.3 Å². The fourth-order valence-corrected chi connectivity index (χ4v) is 2.60. The highest BCUT2D eigenvalue weighted by atomic mass is 32.2. The third-order valence-electron chi connectivity index (χ3n) is 3.04. The fourth-order valence-electron chi connectivity index (χ4n) is 1.79. The van der Waals surface area contributed by atoms with Crippen molar-refractivity contribution in [3.8, 4) is 0 Å². The van der Waals surface area contributed by atoms with Crippen molar-refractivity contribution in [3.05, 3.63) is 36.7 Å². The molecule has 3 heterocycles. The summed E-state index contributed by atoms with van der Waals surface area (Å²) in [6.45, 7) is 2.08. The molecule has 6 nitrogen and oxygen atoms in total. The molecule has 20 heavy (non-hydrogen) atoms. The molecule has 3 rings (SSSR count). The number of fused-ring (bicyclic) bond motifs is 1. The molecule has 0 saturated heterocycles. The zero-order chi connectivity index (χ0) is 13.9. The molecule has 3 aromatic rings. The molecule has 2 N–H and O–H groups in total. The quantitative estimate of drug-likeness (QED) is 0.716. The van der Waals surface area contributed by atoms with Gasteiger partial charge in [-0.1, -0.05) is 11.8 Å². The van der Waals surface area contributed by atoms with Gasteiger partial charge in [0, 0.05) is 17.1 Å². The minimum atomic E-state index is 0.243. The molecule has 0 saturated carbocycles. The first kappa shape index (κ1) is 13.0. The molecule has 3 aromatic heterocycles. The number of H-pyrrole nitrogens is 1. The Bertz CT molecular complexity index is 708. The maximum absolute atomic E-state index is 4.46. The Morgan fingerprint density at radius 3 is 2.85 bits per heavy atom. The Balaban J connectivity index is 1.86. The van der Waals surface area contributed by atoms with Crippen LogP contribution in [0.3, 0.4) is 0 Å². The highest BCUT2D eigenvalue weighted by molar-refractivity contribution is 7.99. The average Bonchev–Trinajstić information content (AvgIpc) is 2.97. The van der Waals surface area contributed by atoms with Crippen LogP contribution in [0.1, 0.15) is 18.7 Å². The van der Waals surface area contributed by atoms with Crippen molar-refractivity contribution in [2.75, 3.05) is 7.05 Å². The van der Waals surface area contributed by atoms with Gasteiger partial charge in [-0.05, 0) is 26.1 Å². The first-order valence-corrected chi connectivity index (χ1v) is 7.04. The largest absolute Gasteiger partial charge is 0.341 e. The van der Waals surface area contributed by atoms with Crippen LogP contribution in [0.25, 0.3) is 11.2 Å². The zero-order valence-corrected chi connectivity index (χ0v) is 12.0. The van der Waals surface area contributed by atoms with Gasteiger partial charge in [-0.3, -0.25) is 4.98 Å². The Labute approximate surface area is 120 Å². The van der Waals surface area contributed by atoms with Gasteiger partial charge in [0.1, 0.15) is 16.9 Å². The van der Waals surface area contributed by atoms with E-state index in [0.29, 0.717) is 5.65 Å². The third kappa shape index (κ3) is 2.50. The lowest BCUT2D eigenvalue weighted by Gasteiger charge is -2.09. The van der Waals surface area contributed by atoms with E-state index in [-0.39, 0.29) is 6.04 Å². The summed E-state index contributed by atoms with van der Waals surface area (Å²) < 4.78 is 0. The van der Waals surface area contributed by atoms with E-state index in [4.69, 9.17) is 0 Å². The van der Waals surface area contributed by atoms with E-state index < -0.39 is 0 Å². The summed E-state index contributed by atoms with van der Waals surface area (Å²) in [7, 11) is 1.92. The second-order valence-corrected chi connectivity index (χ2v) is 5.37. The number of hydrogen-bond acceptors (Lipinski definition) is 6. The topological polar surface area (TPSA) is 79.4 Å². The van der Waals surface area contributed by atoms with Crippen molar-refractivity contribution in [1.29, 1.82) is 0 Å². The van der Waals surface area contributed by atoms with Crippen LogP contribution in [0.15, 0.2) is 40.9 Å². The SMILES string of the molecule is CNC(C)c1ccc(Sc2ncnc3nc[nH]c23)cn1. The standard InChI is InChI=1S/C13H14N6S/c1-8(14-2)10-4-3-9(5-15-10)20-13-11-12(17-6-16-11)18-7-19-13/h3-8,14H,1-2H3,(H,16,17,18,19). The molecule has 102 valence electrons. The lowest BCUT2D eigenvalue weighted by molar-refractivity contribution is 0.631. The molecule has 0 amide bonds. The number of aromatic amines is 1. The van der Waals surface area contributed by atoms with Gasteiger partial charge in [0.2, 0.25) is 0 Å². The molecule has 0 radical (unpaired) electrons. The van der Waals surface area contributed by atoms with E-state index in [9.17, 15) is 0 Å². The third-order valence-corrected chi connectivity index (χ3v) is 4.02. The molecule has 0 fully saturated rings. The summed E-state index contributed by atoms with van der Waals surface area (Å²) in [5.41, 5.74) is 2.55. The number of pyridine rings is 1. The smallest absolute Gasteiger partial charge is 0.181 e. The second-order valence-electron chi connectivity index (χ2n) is 4.31. The number of nitrogens with zero attached hydrogens (tertiary/aromatic N) is 4. The molecule has 0 aliphatic heterocycles. The molecule has 0 bridgehead atoms. The Kier molecular flexibility index (Phi) is 3.62. The van der Waals surface area contributed by atoms with Gasteiger partial charge in [-0.15, -0.1) is 0 Å². The van der Waals surface area contributed by atoms with Crippen LogP contribution in [0.4, 0.5) is 0 Å². The van der Waals surface area contributed by atoms with Crippen LogP contribution in [0, 0.1) is 0 Å². The van der Waals surface area contributed by atoms with E-state index >= 15 is 0 Å². The van der Waals surface area contributed by atoms with E-state index in [2.05, 4.69) is 37.2 Å². The van der Waals surface area contributed by atoms with Crippen LogP contribution >= 0.6 is 11.8 Å². The maximum Gasteiger partial charge on any atom is 0.181 e. The van der Waals surface area contributed by atoms with Gasteiger partial charge in [0.15, 0.2) is 5.65 Å². The van der Waals surface area contributed by atoms with Gasteiger partial charge in [0.05, 0.1) is 12.0 Å². The molecule has 0 aromatic carbocycles. The van der Waals surface area contributed by atoms with Crippen LogP contribution in [-0.4, -0.2) is 32.0 Å². The number of nitrogens with one attached hydrogen (secondary N) is 2. The summed E-state index contributed by atoms with van der Waals surface area (Å²) in [6.07, 6.45) is 5.01. The average molecular weight is 286 g/mol. The van der Waals surface area contributed by atoms with Crippen LogP contribution in [0.5, 0.6) is 0 Å². The van der Waals surface area contributed by atoms with Gasteiger partial charge in [0.25, 0.3) is 0 Å². The van der Waals surface area contributed by atoms with Gasteiger partial charge in [-0.25, -0.2) is 15.0 Å². The first-order chi connectivity index (χ1) is 9.78. The predicted octanol–water partition coefficient (Wildman–Crippen LogP) is 2.18. The minimum absolute atomic E-state index is 0.243. The highest BCUT2D eigenvalue weighted by Gasteiger charge is 2.09. The van der Waals surface area contributed by atoms with Crippen molar-refractivity contribution in [2.45, 2.75) is 22.9 Å². The molecule has 0 aliphatic rings. The molecular weight excluding hydrogens is 272 g/mol. The predicted molar refractivity (Wildman–Crippen MR) is 77.5 cm³/mol. The summed E-state index contributed by atoms with van der Waals surface area (Å²) in [5.74, 6) is 0. The molecule has 7 heteroatoms. The number of hydrogen-bond donors (Lipinski definition) is 2. The van der Waals surface area contributed by atoms with Crippen LogP contribution < -0.4 is 5.32 Å². The van der Waals surface area contributed by atoms with Crippen LogP contribution in [0.2, 0.25) is 0 Å². The van der Waals surface area contributed by atoms with E-state index in [1.165, 1.54) is 6.33 Å². The molecule has 1 atom stereocenters. The van der Waals surface area contributed by atoms with E-state index in [0.717, 1.165) is 21.1 Å². The normalized spacial score (nSPS) is 12.7. The molecular formula is C13H14N6S. The molecule has 0 spiro atoms. The lowest BCUT2D eigenvalue weighted by atomic mass is 10.2. The maximum atomic E-state index is 4.46. The monoisotopic (exact) mass is 286 g/mol. The Morgan fingerprint density at radius 2 is 2.10 bits per heavy atom. The second kappa shape index (κ2) is 5.56. The van der Waals surface area contributed by atoms with Gasteiger partial charge >= 0.3 is 0 Å². The van der Waals surface area contributed by atoms with E-state index in [1.54, 1.807) is 18.1 Å². The summed E-state index contributed by atoms with van der Waals surface area (Å²) in [6, 6.07) is 4.31. The van der Waals surface area contributed by atoms with E-state index in [1.807, 2.05) is 25.4 Å². The van der Waals surface area contributed by atoms with Crippen molar-refractivity contribution >= 4 is 22.9 Å². The summed E-state index contributed by atoms with van der Waals surface area (Å²) in [5, 5.41) is 4.02. The number of rotatable bonds is 4. The highest BCUT2D eigenvalue weighted by Crippen LogP contribution is 2.29. The zero-order valence-electron chi connectivity index (χ0n) is 11.2. The fraction of sp³-hybridized carbons (Fsp3) is 0.231. The summed E-state index contributed by atoms with van der Waals surface area (Å²) in [4.78, 5) is 21.1. The van der Waals surface area contributed by atoms with Gasteiger partial charge in [-0.2, -0.15) is 0 Å². The number of aromatic nitrogens is 5. The number of imidazole rings is 1. The molecule has 1 unspecified atom stereocenters. The van der Waals surface area contributed by atoms with Crippen LogP contribution in [-0.2, 0) is 0 Å². The Hall–Kier alpha value is -1.99. The lowest BCUT2D eigenvalue weighted by Crippen LogP contribution is -2.13. The molecule has 0 aliphatic carbocycles. The first-order valence-electron chi connectivity index (χ1n) is 6.23. The van der Waals surface area contributed by atoms with Crippen molar-refractivity contribution < 1.29 is 0 Å². The van der Waals surface area contributed by atoms with Crippen molar-refractivity contribution in [1.82, 2.24) is 30.2 Å².